The molecule has 1 aromatic heterocycles. The predicted octanol–water partition coefficient (Wildman–Crippen LogP) is 2.14. The summed E-state index contributed by atoms with van der Waals surface area (Å²) in [5, 5.41) is 4.01. The number of hydrogen-bond donors (Lipinski definition) is 2. The van der Waals surface area contributed by atoms with Gasteiger partial charge in [-0.25, -0.2) is 4.98 Å². The van der Waals surface area contributed by atoms with Crippen molar-refractivity contribution < 1.29 is 22.4 Å². The Morgan fingerprint density at radius 2 is 2.08 bits per heavy atom. The number of aromatic nitrogens is 1. The molecule has 0 fully saturated rings. The van der Waals surface area contributed by atoms with E-state index in [0.717, 1.165) is 23.1 Å². The van der Waals surface area contributed by atoms with Gasteiger partial charge in [0.15, 0.2) is 0 Å². The Labute approximate surface area is 144 Å². The number of benzene rings is 1. The zero-order chi connectivity index (χ0) is 17.4. The minimum Gasteiger partial charge on any atom is -0.496 e. The second-order valence-corrected chi connectivity index (χ2v) is 8.35. The van der Waals surface area contributed by atoms with Crippen molar-refractivity contribution in [1.82, 2.24) is 10.3 Å². The van der Waals surface area contributed by atoms with Gasteiger partial charge in [0.2, 0.25) is 5.88 Å². The number of methoxy groups -OCH3 is 1. The molecule has 1 heterocycles. The highest BCUT2D eigenvalue weighted by atomic mass is 33.1. The Bertz CT molecular complexity index is 768. The third-order valence-electron chi connectivity index (χ3n) is 3.13. The number of rotatable bonds is 10. The van der Waals surface area contributed by atoms with E-state index in [-0.39, 0.29) is 0 Å². The summed E-state index contributed by atoms with van der Waals surface area (Å²) in [7, 11) is -1.83. The number of ether oxygens (including phenoxy) is 2. The van der Waals surface area contributed by atoms with Gasteiger partial charge in [-0.1, -0.05) is 12.1 Å². The highest BCUT2D eigenvalue weighted by molar-refractivity contribution is 8.69. The van der Waals surface area contributed by atoms with Crippen LogP contribution in [0.4, 0.5) is 0 Å². The van der Waals surface area contributed by atoms with Crippen molar-refractivity contribution in [2.45, 2.75) is 6.42 Å². The Morgan fingerprint density at radius 1 is 1.29 bits per heavy atom. The van der Waals surface area contributed by atoms with E-state index in [9.17, 15) is 8.42 Å². The van der Waals surface area contributed by atoms with E-state index in [2.05, 4.69) is 10.3 Å². The van der Waals surface area contributed by atoms with Crippen molar-refractivity contribution in [3.63, 3.8) is 0 Å². The van der Waals surface area contributed by atoms with Crippen LogP contribution in [0.1, 0.15) is 6.42 Å². The lowest BCUT2D eigenvalue weighted by molar-refractivity contribution is 0.296. The largest absolute Gasteiger partial charge is 0.496 e. The topological polar surface area (TPSA) is 97.8 Å². The van der Waals surface area contributed by atoms with Crippen LogP contribution in [0.5, 0.6) is 11.6 Å². The lowest BCUT2D eigenvalue weighted by Crippen LogP contribution is -2.20. The maximum atomic E-state index is 10.5. The van der Waals surface area contributed by atoms with E-state index in [0.29, 0.717) is 42.1 Å². The van der Waals surface area contributed by atoms with E-state index in [4.69, 9.17) is 14.0 Å². The molecule has 2 rings (SSSR count). The van der Waals surface area contributed by atoms with Crippen LogP contribution < -0.4 is 14.8 Å². The molecular formula is C15H20N2O5S2. The Hall–Kier alpha value is -1.55. The van der Waals surface area contributed by atoms with Gasteiger partial charge in [-0.05, 0) is 35.9 Å². The molecule has 0 unspecified atom stereocenters. The molecule has 7 nitrogen and oxygen atoms in total. The number of para-hydroxylation sites is 1. The second kappa shape index (κ2) is 9.07. The molecule has 24 heavy (non-hydrogen) atoms. The third kappa shape index (κ3) is 6.16. The van der Waals surface area contributed by atoms with Gasteiger partial charge in [-0.15, -0.1) is 0 Å². The molecule has 0 saturated carbocycles. The van der Waals surface area contributed by atoms with Gasteiger partial charge in [0.25, 0.3) is 0 Å². The lowest BCUT2D eigenvalue weighted by Gasteiger charge is -2.10. The molecule has 132 valence electrons. The Kier molecular flexibility index (Phi) is 7.10. The Balaban J connectivity index is 1.74. The summed E-state index contributed by atoms with van der Waals surface area (Å²) in [6.07, 6.45) is 0.743. The van der Waals surface area contributed by atoms with Crippen LogP contribution in [0.3, 0.4) is 0 Å². The zero-order valence-electron chi connectivity index (χ0n) is 13.3. The fourth-order valence-electron chi connectivity index (χ4n) is 2.08. The SMILES string of the molecule is COc1cc(OCCCNCCSS(=O)(=O)O)nc2ccccc12. The first-order valence-corrected chi connectivity index (χ1v) is 10.3. The van der Waals surface area contributed by atoms with Crippen LogP contribution in [0.2, 0.25) is 0 Å². The summed E-state index contributed by atoms with van der Waals surface area (Å²) in [5.41, 5.74) is 0.812. The van der Waals surface area contributed by atoms with Crippen molar-refractivity contribution in [2.24, 2.45) is 0 Å². The van der Waals surface area contributed by atoms with Crippen molar-refractivity contribution in [2.75, 3.05) is 32.6 Å². The molecule has 2 aromatic rings. The zero-order valence-corrected chi connectivity index (χ0v) is 14.9. The molecule has 0 radical (unpaired) electrons. The summed E-state index contributed by atoms with van der Waals surface area (Å²) in [6, 6.07) is 9.45. The smallest absolute Gasteiger partial charge is 0.319 e. The van der Waals surface area contributed by atoms with Gasteiger partial charge in [0, 0.05) is 23.8 Å². The van der Waals surface area contributed by atoms with Gasteiger partial charge in [-0.2, -0.15) is 8.42 Å². The third-order valence-corrected chi connectivity index (χ3v) is 5.20. The maximum Gasteiger partial charge on any atom is 0.319 e. The van der Waals surface area contributed by atoms with Gasteiger partial charge in [-0.3, -0.25) is 4.55 Å². The van der Waals surface area contributed by atoms with Crippen LogP contribution in [-0.4, -0.2) is 50.5 Å². The first-order chi connectivity index (χ1) is 11.5. The standard InChI is InChI=1S/C15H20N2O5S2/c1-21-14-11-15(17-13-6-3-2-5-12(13)14)22-9-4-7-16-8-10-23-24(18,19)20/h2-3,5-6,11,16H,4,7-10H2,1H3,(H,18,19,20). The van der Waals surface area contributed by atoms with Crippen molar-refractivity contribution in [1.29, 1.82) is 0 Å². The van der Waals surface area contributed by atoms with Gasteiger partial charge in [0.05, 0.1) is 19.2 Å². The summed E-state index contributed by atoms with van der Waals surface area (Å²) >= 11 is 0. The van der Waals surface area contributed by atoms with E-state index < -0.39 is 9.15 Å². The molecule has 0 bridgehead atoms. The fourth-order valence-corrected chi connectivity index (χ4v) is 3.40. The van der Waals surface area contributed by atoms with Crippen LogP contribution >= 0.6 is 10.8 Å². The molecule has 2 N–H and O–H groups in total. The summed E-state index contributed by atoms with van der Waals surface area (Å²) in [6.45, 7) is 1.65. The quantitative estimate of drug-likeness (QED) is 0.372. The van der Waals surface area contributed by atoms with E-state index in [1.807, 2.05) is 24.3 Å². The molecule has 0 aliphatic heterocycles. The van der Waals surface area contributed by atoms with Gasteiger partial charge in [0.1, 0.15) is 5.75 Å². The fraction of sp³-hybridized carbons (Fsp3) is 0.400. The molecule has 0 amide bonds. The predicted molar refractivity (Wildman–Crippen MR) is 95.3 cm³/mol. The van der Waals surface area contributed by atoms with Crippen molar-refractivity contribution >= 4 is 30.8 Å². The highest BCUT2D eigenvalue weighted by Crippen LogP contribution is 2.27. The minimum absolute atomic E-state index is 0.295. The lowest BCUT2D eigenvalue weighted by atomic mass is 10.2. The maximum absolute atomic E-state index is 10.5. The van der Waals surface area contributed by atoms with Crippen LogP contribution in [-0.2, 0) is 9.15 Å². The van der Waals surface area contributed by atoms with Crippen LogP contribution in [0.15, 0.2) is 30.3 Å². The number of hydrogen-bond acceptors (Lipinski definition) is 7. The molecule has 9 heteroatoms. The van der Waals surface area contributed by atoms with E-state index >= 15 is 0 Å². The first kappa shape index (κ1) is 18.8. The molecule has 0 spiro atoms. The molecule has 0 aliphatic rings. The molecule has 0 aliphatic carbocycles. The first-order valence-electron chi connectivity index (χ1n) is 7.39. The normalized spacial score (nSPS) is 11.6. The second-order valence-electron chi connectivity index (χ2n) is 4.88. The van der Waals surface area contributed by atoms with Crippen LogP contribution in [0.25, 0.3) is 10.9 Å². The summed E-state index contributed by atoms with van der Waals surface area (Å²) in [5.74, 6) is 1.52. The van der Waals surface area contributed by atoms with E-state index in [1.54, 1.807) is 13.2 Å². The van der Waals surface area contributed by atoms with Gasteiger partial charge < -0.3 is 14.8 Å². The Morgan fingerprint density at radius 3 is 2.83 bits per heavy atom. The van der Waals surface area contributed by atoms with Crippen LogP contribution in [0, 0.1) is 0 Å². The van der Waals surface area contributed by atoms with Gasteiger partial charge >= 0.3 is 9.15 Å². The highest BCUT2D eigenvalue weighted by Gasteiger charge is 2.07. The average molecular weight is 372 g/mol. The molecule has 0 atom stereocenters. The number of nitrogens with one attached hydrogen (secondary N) is 1. The number of pyridine rings is 1. The molecule has 1 aromatic carbocycles. The summed E-state index contributed by atoms with van der Waals surface area (Å²) in [4.78, 5) is 4.44. The molecule has 0 saturated heterocycles. The number of nitrogens with zero attached hydrogens (tertiary/aromatic N) is 1. The van der Waals surface area contributed by atoms with Crippen molar-refractivity contribution in [3.8, 4) is 11.6 Å². The monoisotopic (exact) mass is 372 g/mol. The van der Waals surface area contributed by atoms with E-state index in [1.165, 1.54) is 0 Å². The summed E-state index contributed by atoms with van der Waals surface area (Å²) < 4.78 is 40.6. The average Bonchev–Trinajstić information content (AvgIpc) is 2.55. The minimum atomic E-state index is -3.95. The number of fused-ring (bicyclic) bond motifs is 1. The molecular weight excluding hydrogens is 352 g/mol. The van der Waals surface area contributed by atoms with Crippen molar-refractivity contribution in [3.05, 3.63) is 30.3 Å².